The fourth-order valence-electron chi connectivity index (χ4n) is 2.07. The minimum Gasteiger partial charge on any atom is -0.478 e. The first-order chi connectivity index (χ1) is 9.61. The number of halogens is 1. The first-order valence-corrected chi connectivity index (χ1v) is 6.34. The van der Waals surface area contributed by atoms with Crippen molar-refractivity contribution in [1.29, 1.82) is 0 Å². The Morgan fingerprint density at radius 2 is 2.30 bits per heavy atom. The fraction of sp³-hybridized carbons (Fsp3) is 0.154. The van der Waals surface area contributed by atoms with E-state index in [0.29, 0.717) is 17.9 Å². The number of furan rings is 1. The van der Waals surface area contributed by atoms with E-state index in [2.05, 4.69) is 10.2 Å². The van der Waals surface area contributed by atoms with Crippen molar-refractivity contribution in [1.82, 2.24) is 14.6 Å². The molecule has 3 rings (SSSR count). The molecule has 0 aromatic carbocycles. The summed E-state index contributed by atoms with van der Waals surface area (Å²) in [4.78, 5) is 11.1. The highest BCUT2D eigenvalue weighted by Gasteiger charge is 2.17. The molecule has 102 valence electrons. The van der Waals surface area contributed by atoms with Gasteiger partial charge in [0.2, 0.25) is 0 Å². The van der Waals surface area contributed by atoms with Crippen molar-refractivity contribution in [3.63, 3.8) is 0 Å². The average molecular weight is 292 g/mol. The number of hydrogen-bond donors (Lipinski definition) is 1. The van der Waals surface area contributed by atoms with Crippen LogP contribution < -0.4 is 0 Å². The third-order valence-corrected chi connectivity index (χ3v) is 3.29. The number of aromatic nitrogens is 3. The van der Waals surface area contributed by atoms with E-state index in [1.54, 1.807) is 16.7 Å². The molecule has 1 N–H and O–H groups in total. The minimum absolute atomic E-state index is 0.0742. The van der Waals surface area contributed by atoms with Gasteiger partial charge >= 0.3 is 5.97 Å². The Kier molecular flexibility index (Phi) is 2.94. The summed E-state index contributed by atoms with van der Waals surface area (Å²) in [5.74, 6) is 0.211. The van der Waals surface area contributed by atoms with E-state index in [4.69, 9.17) is 21.1 Å². The third-order valence-electron chi connectivity index (χ3n) is 3.01. The van der Waals surface area contributed by atoms with Crippen molar-refractivity contribution in [2.24, 2.45) is 0 Å². The summed E-state index contributed by atoms with van der Waals surface area (Å²) < 4.78 is 6.93. The molecule has 6 nitrogen and oxygen atoms in total. The SMILES string of the molecule is CCc1occc1-c1nnc2c(Cl)cc(C(=O)O)cn12. The molecule has 0 atom stereocenters. The van der Waals surface area contributed by atoms with Gasteiger partial charge in [0.05, 0.1) is 22.4 Å². The monoisotopic (exact) mass is 291 g/mol. The molecule has 0 amide bonds. The summed E-state index contributed by atoms with van der Waals surface area (Å²) in [5.41, 5.74) is 1.26. The summed E-state index contributed by atoms with van der Waals surface area (Å²) in [6.45, 7) is 1.96. The van der Waals surface area contributed by atoms with Crippen LogP contribution in [0, 0.1) is 0 Å². The van der Waals surface area contributed by atoms with Gasteiger partial charge in [-0.1, -0.05) is 18.5 Å². The maximum atomic E-state index is 11.1. The van der Waals surface area contributed by atoms with Crippen LogP contribution >= 0.6 is 11.6 Å². The molecular formula is C13H10ClN3O3. The Labute approximate surface area is 118 Å². The van der Waals surface area contributed by atoms with Gasteiger partial charge in [0.1, 0.15) is 5.76 Å². The number of aryl methyl sites for hydroxylation is 1. The molecule has 0 unspecified atom stereocenters. The average Bonchev–Trinajstić information content (AvgIpc) is 3.03. The summed E-state index contributed by atoms with van der Waals surface area (Å²) in [6.07, 6.45) is 3.72. The largest absolute Gasteiger partial charge is 0.478 e. The molecule has 0 aliphatic carbocycles. The molecule has 0 aliphatic rings. The van der Waals surface area contributed by atoms with E-state index in [9.17, 15) is 4.79 Å². The molecule has 3 aromatic heterocycles. The number of rotatable bonds is 3. The van der Waals surface area contributed by atoms with Gasteiger partial charge in [-0.05, 0) is 12.1 Å². The van der Waals surface area contributed by atoms with Crippen LogP contribution in [0.1, 0.15) is 23.0 Å². The van der Waals surface area contributed by atoms with Gasteiger partial charge in [0.25, 0.3) is 0 Å². The molecule has 3 heterocycles. The van der Waals surface area contributed by atoms with E-state index < -0.39 is 5.97 Å². The number of fused-ring (bicyclic) bond motifs is 1. The van der Waals surface area contributed by atoms with Gasteiger partial charge in [-0.15, -0.1) is 10.2 Å². The molecule has 3 aromatic rings. The number of aromatic carboxylic acids is 1. The molecule has 0 bridgehead atoms. The van der Waals surface area contributed by atoms with Gasteiger partial charge in [-0.2, -0.15) is 0 Å². The van der Waals surface area contributed by atoms with Gasteiger partial charge in [-0.3, -0.25) is 4.40 Å². The summed E-state index contributed by atoms with van der Waals surface area (Å²) in [6, 6.07) is 3.13. The van der Waals surface area contributed by atoms with E-state index in [1.807, 2.05) is 6.92 Å². The van der Waals surface area contributed by atoms with Crippen LogP contribution in [-0.2, 0) is 6.42 Å². The standard InChI is InChI=1S/C13H10ClN3O3/c1-2-10-8(3-4-20-10)11-15-16-12-9(14)5-7(13(18)19)6-17(11)12/h3-6H,2H2,1H3,(H,18,19). The predicted octanol–water partition coefficient (Wildman–Crippen LogP) is 2.90. The predicted molar refractivity (Wildman–Crippen MR) is 72.0 cm³/mol. The van der Waals surface area contributed by atoms with E-state index in [1.165, 1.54) is 12.3 Å². The highest BCUT2D eigenvalue weighted by atomic mass is 35.5. The zero-order chi connectivity index (χ0) is 14.3. The lowest BCUT2D eigenvalue weighted by atomic mass is 10.2. The van der Waals surface area contributed by atoms with Crippen LogP contribution in [0.5, 0.6) is 0 Å². The van der Waals surface area contributed by atoms with Gasteiger partial charge in [0, 0.05) is 12.6 Å². The van der Waals surface area contributed by atoms with Gasteiger partial charge in [-0.25, -0.2) is 4.79 Å². The van der Waals surface area contributed by atoms with E-state index in [-0.39, 0.29) is 10.6 Å². The highest BCUT2D eigenvalue weighted by molar-refractivity contribution is 6.33. The van der Waals surface area contributed by atoms with Crippen LogP contribution in [0.2, 0.25) is 5.02 Å². The number of carboxylic acid groups (broad SMARTS) is 1. The third kappa shape index (κ3) is 1.85. The number of hydrogen-bond acceptors (Lipinski definition) is 4. The Morgan fingerprint density at radius 1 is 1.50 bits per heavy atom. The summed E-state index contributed by atoms with van der Waals surface area (Å²) >= 11 is 6.04. The number of carbonyl (C=O) groups is 1. The second-order valence-electron chi connectivity index (χ2n) is 4.21. The van der Waals surface area contributed by atoms with Gasteiger partial charge < -0.3 is 9.52 Å². The molecule has 0 saturated heterocycles. The Hall–Kier alpha value is -2.34. The maximum Gasteiger partial charge on any atom is 0.337 e. The lowest BCUT2D eigenvalue weighted by Gasteiger charge is -2.02. The molecule has 20 heavy (non-hydrogen) atoms. The van der Waals surface area contributed by atoms with Crippen LogP contribution in [0.25, 0.3) is 17.0 Å². The second-order valence-corrected chi connectivity index (χ2v) is 4.62. The van der Waals surface area contributed by atoms with E-state index in [0.717, 1.165) is 11.3 Å². The number of pyridine rings is 1. The lowest BCUT2D eigenvalue weighted by Crippen LogP contribution is -2.00. The van der Waals surface area contributed by atoms with Crippen molar-refractivity contribution >= 4 is 23.2 Å². The van der Waals surface area contributed by atoms with Crippen molar-refractivity contribution in [3.05, 3.63) is 40.9 Å². The topological polar surface area (TPSA) is 80.6 Å². The van der Waals surface area contributed by atoms with Crippen molar-refractivity contribution in [3.8, 4) is 11.4 Å². The van der Waals surface area contributed by atoms with Crippen LogP contribution in [0.3, 0.4) is 0 Å². The molecule has 0 saturated carbocycles. The number of carboxylic acids is 1. The fourth-order valence-corrected chi connectivity index (χ4v) is 2.31. The zero-order valence-corrected chi connectivity index (χ0v) is 11.3. The minimum atomic E-state index is -1.06. The van der Waals surface area contributed by atoms with Crippen molar-refractivity contribution < 1.29 is 14.3 Å². The quantitative estimate of drug-likeness (QED) is 0.802. The number of nitrogens with zero attached hydrogens (tertiary/aromatic N) is 3. The molecule has 0 spiro atoms. The van der Waals surface area contributed by atoms with Gasteiger partial charge in [0.15, 0.2) is 11.5 Å². The molecule has 0 aliphatic heterocycles. The first kappa shape index (κ1) is 12.7. The molecule has 0 radical (unpaired) electrons. The molecular weight excluding hydrogens is 282 g/mol. The Bertz CT molecular complexity index is 806. The molecule has 0 fully saturated rings. The maximum absolute atomic E-state index is 11.1. The van der Waals surface area contributed by atoms with Crippen LogP contribution in [0.15, 0.2) is 29.0 Å². The second kappa shape index (κ2) is 4.64. The van der Waals surface area contributed by atoms with Crippen LogP contribution in [0.4, 0.5) is 0 Å². The Morgan fingerprint density at radius 3 is 3.00 bits per heavy atom. The summed E-state index contributed by atoms with van der Waals surface area (Å²) in [7, 11) is 0. The normalized spacial score (nSPS) is 11.1. The highest BCUT2D eigenvalue weighted by Crippen LogP contribution is 2.27. The smallest absolute Gasteiger partial charge is 0.337 e. The lowest BCUT2D eigenvalue weighted by molar-refractivity contribution is 0.0696. The summed E-state index contributed by atoms with van der Waals surface area (Å²) in [5, 5.41) is 17.4. The van der Waals surface area contributed by atoms with Crippen LogP contribution in [-0.4, -0.2) is 25.7 Å². The molecule has 7 heteroatoms. The first-order valence-electron chi connectivity index (χ1n) is 5.96. The Balaban J connectivity index is 2.30. The van der Waals surface area contributed by atoms with Crippen molar-refractivity contribution in [2.45, 2.75) is 13.3 Å². The zero-order valence-electron chi connectivity index (χ0n) is 10.5. The van der Waals surface area contributed by atoms with Crippen molar-refractivity contribution in [2.75, 3.05) is 0 Å². The van der Waals surface area contributed by atoms with E-state index >= 15 is 0 Å².